The van der Waals surface area contributed by atoms with E-state index in [1.807, 2.05) is 0 Å². The predicted molar refractivity (Wildman–Crippen MR) is 61.2 cm³/mol. The SMILES string of the molecule is N=C(N)c1cc(F)c(-n2cc([N+](=O)[O-])cn2)c(F)c1. The van der Waals surface area contributed by atoms with Crippen molar-refractivity contribution in [2.45, 2.75) is 0 Å². The number of nitrogens with two attached hydrogens (primary N) is 1. The van der Waals surface area contributed by atoms with Crippen LogP contribution in [0.2, 0.25) is 0 Å². The minimum atomic E-state index is -1.02. The van der Waals surface area contributed by atoms with Crippen molar-refractivity contribution in [3.05, 3.63) is 51.8 Å². The average molecular weight is 267 g/mol. The number of nitro groups is 1. The molecule has 98 valence electrons. The fraction of sp³-hybridized carbons (Fsp3) is 0. The van der Waals surface area contributed by atoms with Gasteiger partial charge in [-0.2, -0.15) is 5.10 Å². The van der Waals surface area contributed by atoms with E-state index in [1.165, 1.54) is 0 Å². The van der Waals surface area contributed by atoms with E-state index in [-0.39, 0.29) is 5.56 Å². The lowest BCUT2D eigenvalue weighted by atomic mass is 10.1. The van der Waals surface area contributed by atoms with Crippen LogP contribution in [-0.2, 0) is 0 Å². The summed E-state index contributed by atoms with van der Waals surface area (Å²) in [4.78, 5) is 9.75. The zero-order valence-electron chi connectivity index (χ0n) is 9.30. The van der Waals surface area contributed by atoms with Crippen LogP contribution in [0.1, 0.15) is 5.56 Å². The zero-order valence-corrected chi connectivity index (χ0v) is 9.30. The molecule has 0 bridgehead atoms. The van der Waals surface area contributed by atoms with Crippen LogP contribution in [0.3, 0.4) is 0 Å². The number of benzene rings is 1. The number of amidine groups is 1. The molecular weight excluding hydrogens is 260 g/mol. The Labute approximate surface area is 104 Å². The molecule has 0 amide bonds. The van der Waals surface area contributed by atoms with Crippen LogP contribution < -0.4 is 5.73 Å². The van der Waals surface area contributed by atoms with Gasteiger partial charge in [0.2, 0.25) is 0 Å². The lowest BCUT2D eigenvalue weighted by Gasteiger charge is -2.06. The molecule has 3 N–H and O–H groups in total. The molecule has 0 saturated heterocycles. The van der Waals surface area contributed by atoms with Gasteiger partial charge in [0.1, 0.15) is 23.9 Å². The first kappa shape index (κ1) is 12.6. The Morgan fingerprint density at radius 3 is 2.42 bits per heavy atom. The molecule has 2 rings (SSSR count). The predicted octanol–water partition coefficient (Wildman–Crippen LogP) is 1.34. The first-order valence-corrected chi connectivity index (χ1v) is 4.93. The van der Waals surface area contributed by atoms with Crippen LogP contribution in [0.5, 0.6) is 0 Å². The molecule has 7 nitrogen and oxygen atoms in total. The van der Waals surface area contributed by atoms with Crippen molar-refractivity contribution >= 4 is 11.5 Å². The largest absolute Gasteiger partial charge is 0.384 e. The summed E-state index contributed by atoms with van der Waals surface area (Å²) in [5, 5.41) is 21.1. The topological polar surface area (TPSA) is 111 Å². The van der Waals surface area contributed by atoms with E-state index in [0.717, 1.165) is 24.5 Å². The molecule has 0 atom stereocenters. The fourth-order valence-electron chi connectivity index (χ4n) is 1.47. The summed E-state index contributed by atoms with van der Waals surface area (Å²) in [5.74, 6) is -2.54. The van der Waals surface area contributed by atoms with Crippen LogP contribution in [0.15, 0.2) is 24.5 Å². The van der Waals surface area contributed by atoms with Crippen LogP contribution in [0.25, 0.3) is 5.69 Å². The summed E-state index contributed by atoms with van der Waals surface area (Å²) in [6.07, 6.45) is 1.76. The zero-order chi connectivity index (χ0) is 14.2. The maximum atomic E-state index is 13.7. The van der Waals surface area contributed by atoms with Crippen molar-refractivity contribution in [3.8, 4) is 5.69 Å². The van der Waals surface area contributed by atoms with Crippen molar-refractivity contribution in [1.82, 2.24) is 9.78 Å². The summed E-state index contributed by atoms with van der Waals surface area (Å²) in [7, 11) is 0. The maximum absolute atomic E-state index is 13.7. The Morgan fingerprint density at radius 2 is 2.00 bits per heavy atom. The van der Waals surface area contributed by atoms with Crippen molar-refractivity contribution in [2.75, 3.05) is 0 Å². The van der Waals surface area contributed by atoms with Gasteiger partial charge in [-0.3, -0.25) is 15.5 Å². The first-order valence-electron chi connectivity index (χ1n) is 4.93. The number of nitrogen functional groups attached to an aromatic ring is 1. The summed E-state index contributed by atoms with van der Waals surface area (Å²) in [5.41, 5.74) is 4.03. The van der Waals surface area contributed by atoms with Crippen LogP contribution in [-0.4, -0.2) is 20.5 Å². The molecule has 0 aliphatic carbocycles. The normalized spacial score (nSPS) is 10.4. The molecule has 1 aromatic carbocycles. The molecule has 19 heavy (non-hydrogen) atoms. The molecule has 0 radical (unpaired) electrons. The smallest absolute Gasteiger partial charge is 0.307 e. The monoisotopic (exact) mass is 267 g/mol. The van der Waals surface area contributed by atoms with E-state index >= 15 is 0 Å². The van der Waals surface area contributed by atoms with Gasteiger partial charge in [-0.25, -0.2) is 13.5 Å². The molecule has 0 spiro atoms. The van der Waals surface area contributed by atoms with Gasteiger partial charge in [0.25, 0.3) is 0 Å². The summed E-state index contributed by atoms with van der Waals surface area (Å²) >= 11 is 0. The molecule has 1 aromatic heterocycles. The van der Waals surface area contributed by atoms with Crippen LogP contribution in [0, 0.1) is 27.2 Å². The molecule has 0 aliphatic rings. The van der Waals surface area contributed by atoms with E-state index < -0.39 is 33.8 Å². The third-order valence-electron chi connectivity index (χ3n) is 2.34. The van der Waals surface area contributed by atoms with Gasteiger partial charge < -0.3 is 5.73 Å². The standard InChI is InChI=1S/C10H7F2N5O2/c11-7-1-5(10(13)14)2-8(12)9(7)16-4-6(3-15-16)17(18)19/h1-4H,(H3,13,14). The minimum Gasteiger partial charge on any atom is -0.384 e. The van der Waals surface area contributed by atoms with E-state index in [4.69, 9.17) is 11.1 Å². The minimum absolute atomic E-state index is 0.125. The fourth-order valence-corrected chi connectivity index (χ4v) is 1.47. The second-order valence-corrected chi connectivity index (χ2v) is 3.60. The van der Waals surface area contributed by atoms with Crippen LogP contribution >= 0.6 is 0 Å². The summed E-state index contributed by atoms with van der Waals surface area (Å²) < 4.78 is 28.2. The molecule has 0 unspecified atom stereocenters. The lowest BCUT2D eigenvalue weighted by molar-refractivity contribution is -0.384. The van der Waals surface area contributed by atoms with Gasteiger partial charge in [0, 0.05) is 5.56 Å². The lowest BCUT2D eigenvalue weighted by Crippen LogP contribution is -2.13. The van der Waals surface area contributed by atoms with Gasteiger partial charge >= 0.3 is 5.69 Å². The van der Waals surface area contributed by atoms with Gasteiger partial charge in [-0.15, -0.1) is 0 Å². The Bertz CT molecular complexity index is 659. The molecule has 0 aliphatic heterocycles. The first-order chi connectivity index (χ1) is 8.90. The summed E-state index contributed by atoms with van der Waals surface area (Å²) in [6, 6.07) is 1.71. The van der Waals surface area contributed by atoms with E-state index in [0.29, 0.717) is 4.68 Å². The number of rotatable bonds is 3. The quantitative estimate of drug-likeness (QED) is 0.378. The second-order valence-electron chi connectivity index (χ2n) is 3.60. The number of nitrogens with zero attached hydrogens (tertiary/aromatic N) is 3. The Kier molecular flexibility index (Phi) is 2.95. The van der Waals surface area contributed by atoms with Crippen LogP contribution in [0.4, 0.5) is 14.5 Å². The molecular formula is C10H7F2N5O2. The molecule has 1 heterocycles. The highest BCUT2D eigenvalue weighted by molar-refractivity contribution is 5.95. The van der Waals surface area contributed by atoms with E-state index in [1.54, 1.807) is 0 Å². The third kappa shape index (κ3) is 2.25. The van der Waals surface area contributed by atoms with Gasteiger partial charge in [0.05, 0.1) is 4.92 Å². The highest BCUT2D eigenvalue weighted by Crippen LogP contribution is 2.21. The van der Waals surface area contributed by atoms with E-state index in [9.17, 15) is 18.9 Å². The molecule has 9 heteroatoms. The van der Waals surface area contributed by atoms with Gasteiger partial charge in [-0.1, -0.05) is 0 Å². The Hall–Kier alpha value is -2.84. The molecule has 0 fully saturated rings. The number of halogens is 2. The second kappa shape index (κ2) is 4.44. The Morgan fingerprint density at radius 1 is 1.42 bits per heavy atom. The van der Waals surface area contributed by atoms with Gasteiger partial charge in [0.15, 0.2) is 11.6 Å². The molecule has 2 aromatic rings. The number of nitrogens with one attached hydrogen (secondary N) is 1. The van der Waals surface area contributed by atoms with Crippen molar-refractivity contribution < 1.29 is 13.7 Å². The van der Waals surface area contributed by atoms with Crippen molar-refractivity contribution in [1.29, 1.82) is 5.41 Å². The average Bonchev–Trinajstić information content (AvgIpc) is 2.77. The molecule has 0 saturated carbocycles. The number of aromatic nitrogens is 2. The number of hydrogen-bond acceptors (Lipinski definition) is 4. The van der Waals surface area contributed by atoms with Gasteiger partial charge in [-0.05, 0) is 12.1 Å². The van der Waals surface area contributed by atoms with Crippen molar-refractivity contribution in [2.24, 2.45) is 5.73 Å². The van der Waals surface area contributed by atoms with E-state index in [2.05, 4.69) is 5.10 Å². The highest BCUT2D eigenvalue weighted by Gasteiger charge is 2.18. The maximum Gasteiger partial charge on any atom is 0.307 e. The third-order valence-corrected chi connectivity index (χ3v) is 2.34. The Balaban J connectivity index is 2.55. The summed E-state index contributed by atoms with van der Waals surface area (Å²) in [6.45, 7) is 0. The highest BCUT2D eigenvalue weighted by atomic mass is 19.1. The number of hydrogen-bond donors (Lipinski definition) is 2. The van der Waals surface area contributed by atoms with Crippen molar-refractivity contribution in [3.63, 3.8) is 0 Å².